The Kier molecular flexibility index (Phi) is 4.81. The van der Waals surface area contributed by atoms with E-state index >= 15 is 0 Å². The Morgan fingerprint density at radius 1 is 1.38 bits per heavy atom. The minimum absolute atomic E-state index is 0.144. The third-order valence-corrected chi connectivity index (χ3v) is 5.35. The normalized spacial score (nSPS) is 19.6. The van der Waals surface area contributed by atoms with Crippen molar-refractivity contribution in [2.45, 2.75) is 50.8 Å². The van der Waals surface area contributed by atoms with Gasteiger partial charge in [0.25, 0.3) is 5.91 Å². The molecule has 1 aliphatic carbocycles. The average Bonchev–Trinajstić information content (AvgIpc) is 3.13. The molecule has 2 heterocycles. The Bertz CT molecular complexity index is 654. The smallest absolute Gasteiger partial charge is 0.325 e. The zero-order valence-electron chi connectivity index (χ0n) is 13.2. The van der Waals surface area contributed by atoms with Crippen LogP contribution in [-0.4, -0.2) is 44.9 Å². The molecule has 9 heteroatoms. The third kappa shape index (κ3) is 3.27. The minimum atomic E-state index is -0.805. The van der Waals surface area contributed by atoms with Crippen molar-refractivity contribution in [2.24, 2.45) is 0 Å². The predicted octanol–water partition coefficient (Wildman–Crippen LogP) is 0.506. The molecule has 0 aromatic carbocycles. The number of hydrogen-bond acceptors (Lipinski definition) is 6. The summed E-state index contributed by atoms with van der Waals surface area (Å²) in [7, 11) is 0. The molecule has 4 amide bonds. The summed E-state index contributed by atoms with van der Waals surface area (Å²) in [5.41, 5.74) is -0.251. The first-order valence-corrected chi connectivity index (χ1v) is 8.87. The Balaban J connectivity index is 1.55. The van der Waals surface area contributed by atoms with Gasteiger partial charge in [0.2, 0.25) is 5.91 Å². The monoisotopic (exact) mass is 352 g/mol. The maximum Gasteiger partial charge on any atom is 0.325 e. The van der Waals surface area contributed by atoms with Crippen LogP contribution < -0.4 is 10.6 Å². The van der Waals surface area contributed by atoms with Crippen LogP contribution in [0.25, 0.3) is 0 Å². The lowest BCUT2D eigenvalue weighted by molar-refractivity contribution is -0.135. The number of urea groups is 1. The van der Waals surface area contributed by atoms with Crippen LogP contribution in [-0.2, 0) is 22.7 Å². The number of amides is 4. The molecule has 1 aromatic rings. The molecule has 2 fully saturated rings. The highest BCUT2D eigenvalue weighted by atomic mass is 32.1. The number of aliphatic hydroxyl groups excluding tert-OH is 1. The largest absolute Gasteiger partial charge is 0.390 e. The summed E-state index contributed by atoms with van der Waals surface area (Å²) >= 11 is 1.33. The van der Waals surface area contributed by atoms with Crippen LogP contribution in [0.3, 0.4) is 0 Å². The van der Waals surface area contributed by atoms with E-state index in [1.54, 1.807) is 5.38 Å². The number of carbonyl (C=O) groups excluding carboxylic acids is 3. The van der Waals surface area contributed by atoms with Gasteiger partial charge in [-0.1, -0.05) is 19.3 Å². The minimum Gasteiger partial charge on any atom is -0.390 e. The molecule has 1 aliphatic heterocycles. The lowest BCUT2D eigenvalue weighted by atomic mass is 9.82. The molecule has 24 heavy (non-hydrogen) atoms. The van der Waals surface area contributed by atoms with Crippen molar-refractivity contribution in [3.05, 3.63) is 16.1 Å². The summed E-state index contributed by atoms with van der Waals surface area (Å²) in [6, 6.07) is -0.492. The van der Waals surface area contributed by atoms with Gasteiger partial charge < -0.3 is 15.7 Å². The summed E-state index contributed by atoms with van der Waals surface area (Å²) in [6.07, 6.45) is 4.15. The van der Waals surface area contributed by atoms with Crippen LogP contribution in [0.5, 0.6) is 0 Å². The number of rotatable bonds is 5. The first-order valence-electron chi connectivity index (χ1n) is 7.99. The Morgan fingerprint density at radius 3 is 2.79 bits per heavy atom. The van der Waals surface area contributed by atoms with Crippen molar-refractivity contribution < 1.29 is 19.5 Å². The van der Waals surface area contributed by atoms with E-state index in [9.17, 15) is 14.4 Å². The maximum absolute atomic E-state index is 12.6. The van der Waals surface area contributed by atoms with Gasteiger partial charge in [0.15, 0.2) is 0 Å². The summed E-state index contributed by atoms with van der Waals surface area (Å²) < 4.78 is 0. The van der Waals surface area contributed by atoms with Crippen LogP contribution in [0.1, 0.15) is 42.8 Å². The fourth-order valence-electron chi connectivity index (χ4n) is 3.19. The Hall–Kier alpha value is -2.00. The number of thiazole rings is 1. The maximum atomic E-state index is 12.6. The second-order valence-corrected chi connectivity index (χ2v) is 7.07. The van der Waals surface area contributed by atoms with Gasteiger partial charge in [-0.25, -0.2) is 9.78 Å². The fourth-order valence-corrected chi connectivity index (χ4v) is 3.92. The van der Waals surface area contributed by atoms with Gasteiger partial charge in [-0.05, 0) is 12.8 Å². The molecule has 0 radical (unpaired) electrons. The van der Waals surface area contributed by atoms with E-state index in [2.05, 4.69) is 15.6 Å². The van der Waals surface area contributed by atoms with Crippen LogP contribution in [0.15, 0.2) is 5.38 Å². The fraction of sp³-hybridized carbons (Fsp3) is 0.600. The molecule has 3 N–H and O–H groups in total. The summed E-state index contributed by atoms with van der Waals surface area (Å²) in [4.78, 5) is 41.8. The number of aromatic nitrogens is 1. The van der Waals surface area contributed by atoms with Crippen molar-refractivity contribution in [1.29, 1.82) is 0 Å². The van der Waals surface area contributed by atoms with E-state index in [-0.39, 0.29) is 25.6 Å². The van der Waals surface area contributed by atoms with Gasteiger partial charge in [-0.15, -0.1) is 11.3 Å². The van der Waals surface area contributed by atoms with Crippen molar-refractivity contribution in [3.63, 3.8) is 0 Å². The first kappa shape index (κ1) is 16.8. The zero-order valence-corrected chi connectivity index (χ0v) is 14.0. The summed E-state index contributed by atoms with van der Waals surface area (Å²) in [5.74, 6) is -0.703. The molecule has 8 nitrogen and oxygen atoms in total. The summed E-state index contributed by atoms with van der Waals surface area (Å²) in [6.45, 7) is -0.224. The van der Waals surface area contributed by atoms with Crippen LogP contribution >= 0.6 is 11.3 Å². The molecule has 0 unspecified atom stereocenters. The van der Waals surface area contributed by atoms with Gasteiger partial charge in [-0.3, -0.25) is 14.5 Å². The van der Waals surface area contributed by atoms with E-state index in [4.69, 9.17) is 5.11 Å². The lowest BCUT2D eigenvalue weighted by Crippen LogP contribution is -2.49. The average molecular weight is 352 g/mol. The van der Waals surface area contributed by atoms with E-state index in [1.807, 2.05) is 0 Å². The molecule has 1 spiro atoms. The molecule has 0 atom stereocenters. The van der Waals surface area contributed by atoms with Crippen LogP contribution in [0, 0.1) is 0 Å². The summed E-state index contributed by atoms with van der Waals surface area (Å²) in [5, 5.41) is 16.8. The Morgan fingerprint density at radius 2 is 2.12 bits per heavy atom. The van der Waals surface area contributed by atoms with Crippen molar-refractivity contribution in [1.82, 2.24) is 20.5 Å². The van der Waals surface area contributed by atoms with Gasteiger partial charge in [0.05, 0.1) is 18.8 Å². The molecule has 2 aliphatic rings. The lowest BCUT2D eigenvalue weighted by Gasteiger charge is -2.30. The standard InChI is InChI=1S/C15H20N4O4S/c20-8-10-9-24-12(17-10)6-16-11(21)7-19-13(22)15(18-14(19)23)4-2-1-3-5-15/h9,20H,1-8H2,(H,16,21)(H,18,23). The number of carbonyl (C=O) groups is 3. The highest BCUT2D eigenvalue weighted by Gasteiger charge is 2.51. The van der Waals surface area contributed by atoms with Gasteiger partial charge >= 0.3 is 6.03 Å². The number of nitrogens with one attached hydrogen (secondary N) is 2. The molecular weight excluding hydrogens is 332 g/mol. The molecular formula is C15H20N4O4S. The van der Waals surface area contributed by atoms with E-state index < -0.39 is 17.5 Å². The first-order chi connectivity index (χ1) is 11.5. The van der Waals surface area contributed by atoms with Gasteiger partial charge in [-0.2, -0.15) is 0 Å². The highest BCUT2D eigenvalue weighted by molar-refractivity contribution is 7.09. The topological polar surface area (TPSA) is 112 Å². The van der Waals surface area contributed by atoms with Crippen LogP contribution in [0.4, 0.5) is 4.79 Å². The molecule has 0 bridgehead atoms. The second-order valence-electron chi connectivity index (χ2n) is 6.13. The van der Waals surface area contributed by atoms with Gasteiger partial charge in [0, 0.05) is 5.38 Å². The van der Waals surface area contributed by atoms with E-state index in [1.165, 1.54) is 11.3 Å². The van der Waals surface area contributed by atoms with Crippen molar-refractivity contribution >= 4 is 29.2 Å². The number of aliphatic hydroxyl groups is 1. The highest BCUT2D eigenvalue weighted by Crippen LogP contribution is 2.33. The quantitative estimate of drug-likeness (QED) is 0.669. The Labute approximate surface area is 143 Å². The number of imide groups is 1. The molecule has 130 valence electrons. The second kappa shape index (κ2) is 6.86. The van der Waals surface area contributed by atoms with Crippen molar-refractivity contribution in [3.8, 4) is 0 Å². The molecule has 1 saturated heterocycles. The molecule has 1 aromatic heterocycles. The predicted molar refractivity (Wildman–Crippen MR) is 85.9 cm³/mol. The van der Waals surface area contributed by atoms with Crippen molar-refractivity contribution in [2.75, 3.05) is 6.54 Å². The van der Waals surface area contributed by atoms with E-state index in [0.29, 0.717) is 23.5 Å². The van der Waals surface area contributed by atoms with Crippen LogP contribution in [0.2, 0.25) is 0 Å². The third-order valence-electron chi connectivity index (χ3n) is 4.45. The zero-order chi connectivity index (χ0) is 17.2. The SMILES string of the molecule is O=C(CN1C(=O)NC2(CCCCC2)C1=O)NCc1nc(CO)cs1. The number of nitrogens with zero attached hydrogens (tertiary/aromatic N) is 2. The molecule has 1 saturated carbocycles. The molecule has 3 rings (SSSR count). The number of hydrogen-bond donors (Lipinski definition) is 3. The van der Waals surface area contributed by atoms with E-state index in [0.717, 1.165) is 24.2 Å². The van der Waals surface area contributed by atoms with Gasteiger partial charge in [0.1, 0.15) is 17.1 Å².